The summed E-state index contributed by atoms with van der Waals surface area (Å²) in [5, 5.41) is 2.83. The molecular weight excluding hydrogens is 310 g/mol. The van der Waals surface area contributed by atoms with E-state index in [1.807, 2.05) is 18.9 Å². The van der Waals surface area contributed by atoms with Gasteiger partial charge in [-0.25, -0.2) is 0 Å². The number of carbonyl (C=O) groups is 1. The minimum Gasteiger partial charge on any atom is -0.399 e. The van der Waals surface area contributed by atoms with Crippen molar-refractivity contribution in [1.82, 2.24) is 4.90 Å². The molecule has 0 aromatic heterocycles. The molecule has 0 aliphatic carbocycles. The van der Waals surface area contributed by atoms with E-state index in [4.69, 9.17) is 10.5 Å². The first kappa shape index (κ1) is 15.9. The fourth-order valence-corrected chi connectivity index (χ4v) is 2.01. The van der Waals surface area contributed by atoms with Crippen LogP contribution >= 0.6 is 15.9 Å². The molecule has 1 rings (SSSR count). The lowest BCUT2D eigenvalue weighted by atomic mass is 10.3. The molecule has 0 heterocycles. The maximum Gasteiger partial charge on any atom is 0.238 e. The van der Waals surface area contributed by atoms with E-state index in [0.717, 1.165) is 16.7 Å². The maximum atomic E-state index is 11.8. The summed E-state index contributed by atoms with van der Waals surface area (Å²) >= 11 is 3.36. The van der Waals surface area contributed by atoms with Gasteiger partial charge in [0.15, 0.2) is 0 Å². The molecule has 0 unspecified atom stereocenters. The van der Waals surface area contributed by atoms with Gasteiger partial charge in [-0.15, -0.1) is 0 Å². The van der Waals surface area contributed by atoms with Gasteiger partial charge in [0, 0.05) is 23.3 Å². The van der Waals surface area contributed by atoms with Gasteiger partial charge in [0.1, 0.15) is 0 Å². The quantitative estimate of drug-likeness (QED) is 0.592. The summed E-state index contributed by atoms with van der Waals surface area (Å²) in [4.78, 5) is 13.8. The van der Waals surface area contributed by atoms with E-state index in [2.05, 4.69) is 21.2 Å². The lowest BCUT2D eigenvalue weighted by Gasteiger charge is -2.16. The largest absolute Gasteiger partial charge is 0.399 e. The van der Waals surface area contributed by atoms with Crippen LogP contribution in [0.4, 0.5) is 11.4 Å². The Balaban J connectivity index is 2.42. The first-order chi connectivity index (χ1) is 9.02. The highest BCUT2D eigenvalue weighted by Crippen LogP contribution is 2.24. The number of rotatable bonds is 7. The van der Waals surface area contributed by atoms with Crippen molar-refractivity contribution >= 4 is 33.2 Å². The van der Waals surface area contributed by atoms with Crippen molar-refractivity contribution in [3.8, 4) is 0 Å². The van der Waals surface area contributed by atoms with Crippen molar-refractivity contribution in [2.75, 3.05) is 44.4 Å². The number of nitrogens with one attached hydrogen (secondary N) is 1. The molecule has 6 heteroatoms. The van der Waals surface area contributed by atoms with Gasteiger partial charge < -0.3 is 15.8 Å². The average Bonchev–Trinajstić information content (AvgIpc) is 2.33. The molecule has 0 aliphatic heterocycles. The number of ether oxygens (including phenoxy) is 1. The Hall–Kier alpha value is -1.11. The number of carbonyl (C=O) groups excluding carboxylic acids is 1. The van der Waals surface area contributed by atoms with Crippen LogP contribution in [-0.2, 0) is 9.53 Å². The number of nitrogens with two attached hydrogens (primary N) is 1. The number of anilines is 2. The molecule has 0 bridgehead atoms. The topological polar surface area (TPSA) is 67.6 Å². The van der Waals surface area contributed by atoms with Gasteiger partial charge >= 0.3 is 0 Å². The van der Waals surface area contributed by atoms with Crippen molar-refractivity contribution < 1.29 is 9.53 Å². The molecule has 1 aromatic carbocycles. The number of amides is 1. The van der Waals surface area contributed by atoms with E-state index in [-0.39, 0.29) is 5.91 Å². The van der Waals surface area contributed by atoms with E-state index in [1.165, 1.54) is 0 Å². The molecule has 0 fully saturated rings. The van der Waals surface area contributed by atoms with Crippen molar-refractivity contribution in [2.24, 2.45) is 0 Å². The lowest BCUT2D eigenvalue weighted by molar-refractivity contribution is -0.117. The number of benzene rings is 1. The second kappa shape index (κ2) is 8.14. The summed E-state index contributed by atoms with van der Waals surface area (Å²) < 4.78 is 6.02. The van der Waals surface area contributed by atoms with Crippen LogP contribution in [0.5, 0.6) is 0 Å². The van der Waals surface area contributed by atoms with Gasteiger partial charge in [-0.3, -0.25) is 9.69 Å². The molecule has 0 spiro atoms. The fraction of sp³-hybridized carbons (Fsp3) is 0.462. The van der Waals surface area contributed by atoms with E-state index in [1.54, 1.807) is 18.2 Å². The molecule has 5 nitrogen and oxygen atoms in total. The predicted octanol–water partition coefficient (Wildman–Crippen LogP) is 1.94. The van der Waals surface area contributed by atoms with Crippen LogP contribution in [-0.4, -0.2) is 44.2 Å². The molecule has 0 atom stereocenters. The van der Waals surface area contributed by atoms with Gasteiger partial charge in [-0.2, -0.15) is 0 Å². The maximum absolute atomic E-state index is 11.8. The minimum atomic E-state index is -0.0653. The molecule has 3 N–H and O–H groups in total. The Bertz CT molecular complexity index is 426. The zero-order valence-corrected chi connectivity index (χ0v) is 12.9. The number of nitrogens with zero attached hydrogens (tertiary/aromatic N) is 1. The Morgan fingerprint density at radius 1 is 1.53 bits per heavy atom. The van der Waals surface area contributed by atoms with Crippen LogP contribution in [0.3, 0.4) is 0 Å². The van der Waals surface area contributed by atoms with Crippen LogP contribution in [0.25, 0.3) is 0 Å². The van der Waals surface area contributed by atoms with E-state index < -0.39 is 0 Å². The van der Waals surface area contributed by atoms with Crippen LogP contribution in [0.2, 0.25) is 0 Å². The van der Waals surface area contributed by atoms with Crippen molar-refractivity contribution in [2.45, 2.75) is 6.92 Å². The van der Waals surface area contributed by atoms with E-state index in [9.17, 15) is 4.79 Å². The van der Waals surface area contributed by atoms with Crippen LogP contribution in [0.15, 0.2) is 22.7 Å². The third-order valence-electron chi connectivity index (χ3n) is 2.50. The molecule has 1 amide bonds. The SMILES string of the molecule is CCOCCN(C)CC(=O)Nc1ccc(N)cc1Br. The van der Waals surface area contributed by atoms with Gasteiger partial charge in [-0.05, 0) is 48.1 Å². The normalized spacial score (nSPS) is 10.7. The predicted molar refractivity (Wildman–Crippen MR) is 81.2 cm³/mol. The third kappa shape index (κ3) is 6.04. The summed E-state index contributed by atoms with van der Waals surface area (Å²) in [6.45, 7) is 4.32. The standard InChI is InChI=1S/C13H20BrN3O2/c1-3-19-7-6-17(2)9-13(18)16-12-5-4-10(15)8-11(12)14/h4-5,8H,3,6-7,9,15H2,1-2H3,(H,16,18). The number of likely N-dealkylation sites (N-methyl/N-ethyl adjacent to an activating group) is 1. The second-order valence-electron chi connectivity index (χ2n) is 4.22. The highest BCUT2D eigenvalue weighted by atomic mass is 79.9. The smallest absolute Gasteiger partial charge is 0.238 e. The lowest BCUT2D eigenvalue weighted by Crippen LogP contribution is -2.32. The van der Waals surface area contributed by atoms with Crippen LogP contribution in [0.1, 0.15) is 6.92 Å². The van der Waals surface area contributed by atoms with Crippen molar-refractivity contribution in [3.05, 3.63) is 22.7 Å². The summed E-state index contributed by atoms with van der Waals surface area (Å²) in [5.41, 5.74) is 7.01. The summed E-state index contributed by atoms with van der Waals surface area (Å²) in [6, 6.07) is 5.28. The monoisotopic (exact) mass is 329 g/mol. The molecule has 0 radical (unpaired) electrons. The summed E-state index contributed by atoms with van der Waals surface area (Å²) in [7, 11) is 1.89. The average molecular weight is 330 g/mol. The van der Waals surface area contributed by atoms with Crippen LogP contribution < -0.4 is 11.1 Å². The molecule has 0 saturated carbocycles. The third-order valence-corrected chi connectivity index (χ3v) is 3.16. The first-order valence-corrected chi connectivity index (χ1v) is 6.93. The zero-order chi connectivity index (χ0) is 14.3. The number of nitrogen functional groups attached to an aromatic ring is 1. The van der Waals surface area contributed by atoms with E-state index >= 15 is 0 Å². The Morgan fingerprint density at radius 2 is 2.26 bits per heavy atom. The number of hydrogen-bond acceptors (Lipinski definition) is 4. The molecule has 106 valence electrons. The minimum absolute atomic E-state index is 0.0653. The summed E-state index contributed by atoms with van der Waals surface area (Å²) in [5.74, 6) is -0.0653. The second-order valence-corrected chi connectivity index (χ2v) is 5.08. The first-order valence-electron chi connectivity index (χ1n) is 6.14. The van der Waals surface area contributed by atoms with Gasteiger partial charge in [0.2, 0.25) is 5.91 Å². The van der Waals surface area contributed by atoms with Gasteiger partial charge in [0.25, 0.3) is 0 Å². The molecule has 0 aliphatic rings. The van der Waals surface area contributed by atoms with Crippen LogP contribution in [0, 0.1) is 0 Å². The van der Waals surface area contributed by atoms with Crippen molar-refractivity contribution in [1.29, 1.82) is 0 Å². The fourth-order valence-electron chi connectivity index (χ4n) is 1.51. The van der Waals surface area contributed by atoms with Gasteiger partial charge in [-0.1, -0.05) is 0 Å². The molecule has 1 aromatic rings. The molecule has 0 saturated heterocycles. The number of halogens is 1. The Morgan fingerprint density at radius 3 is 2.89 bits per heavy atom. The van der Waals surface area contributed by atoms with E-state index in [0.29, 0.717) is 25.4 Å². The zero-order valence-electron chi connectivity index (χ0n) is 11.3. The van der Waals surface area contributed by atoms with Gasteiger partial charge in [0.05, 0.1) is 18.8 Å². The Kier molecular flexibility index (Phi) is 6.83. The number of hydrogen-bond donors (Lipinski definition) is 2. The Labute approximate surface area is 122 Å². The van der Waals surface area contributed by atoms with Crippen molar-refractivity contribution in [3.63, 3.8) is 0 Å². The highest BCUT2D eigenvalue weighted by Gasteiger charge is 2.08. The molecular formula is C13H20BrN3O2. The molecule has 19 heavy (non-hydrogen) atoms. The highest BCUT2D eigenvalue weighted by molar-refractivity contribution is 9.10. The summed E-state index contributed by atoms with van der Waals surface area (Å²) in [6.07, 6.45) is 0.